The van der Waals surface area contributed by atoms with Crippen molar-refractivity contribution in [3.63, 3.8) is 0 Å². The fraction of sp³-hybridized carbons (Fsp3) is 0.412. The molecule has 1 aromatic heterocycles. The van der Waals surface area contributed by atoms with Gasteiger partial charge in [-0.25, -0.2) is 9.97 Å². The molecule has 1 unspecified atom stereocenters. The Labute approximate surface area is 151 Å². The number of aromatic nitrogens is 2. The number of aliphatic hydroxyl groups is 1. The highest BCUT2D eigenvalue weighted by atomic mass is 35.5. The van der Waals surface area contributed by atoms with E-state index in [-0.39, 0.29) is 5.92 Å². The molecule has 1 saturated heterocycles. The van der Waals surface area contributed by atoms with Gasteiger partial charge in [-0.15, -0.1) is 0 Å². The van der Waals surface area contributed by atoms with Crippen molar-refractivity contribution < 1.29 is 5.11 Å². The minimum Gasteiger partial charge on any atom is -0.388 e. The second kappa shape index (κ2) is 7.55. The molecule has 24 heavy (non-hydrogen) atoms. The number of piperidine rings is 1. The molecule has 128 valence electrons. The Bertz CT molecular complexity index is 687. The third-order valence-electron chi connectivity index (χ3n) is 4.53. The van der Waals surface area contributed by atoms with Gasteiger partial charge in [0.2, 0.25) is 0 Å². The third kappa shape index (κ3) is 3.58. The van der Waals surface area contributed by atoms with E-state index in [1.807, 2.05) is 31.3 Å². The van der Waals surface area contributed by atoms with Crippen LogP contribution < -0.4 is 10.2 Å². The Morgan fingerprint density at radius 2 is 1.83 bits per heavy atom. The van der Waals surface area contributed by atoms with E-state index < -0.39 is 6.10 Å². The molecular formula is C17H20Cl2N4O. The topological polar surface area (TPSA) is 61.3 Å². The second-order valence-electron chi connectivity index (χ2n) is 5.93. The zero-order valence-corrected chi connectivity index (χ0v) is 14.9. The molecular weight excluding hydrogens is 347 g/mol. The minimum absolute atomic E-state index is 0.220. The summed E-state index contributed by atoms with van der Waals surface area (Å²) in [5.74, 6) is 1.04. The first-order valence-corrected chi connectivity index (χ1v) is 8.72. The van der Waals surface area contributed by atoms with Crippen LogP contribution in [-0.4, -0.2) is 35.2 Å². The first-order valence-electron chi connectivity index (χ1n) is 7.97. The summed E-state index contributed by atoms with van der Waals surface area (Å²) in [6, 6.07) is 7.42. The lowest BCUT2D eigenvalue weighted by Crippen LogP contribution is -2.36. The number of halogens is 2. The van der Waals surface area contributed by atoms with Crippen LogP contribution in [0, 0.1) is 5.92 Å². The molecule has 2 heterocycles. The van der Waals surface area contributed by atoms with E-state index in [0.29, 0.717) is 10.2 Å². The van der Waals surface area contributed by atoms with Crippen molar-refractivity contribution in [2.45, 2.75) is 18.9 Å². The molecule has 0 amide bonds. The molecule has 0 saturated carbocycles. The molecule has 1 aliphatic rings. The van der Waals surface area contributed by atoms with Crippen molar-refractivity contribution in [1.82, 2.24) is 9.97 Å². The fourth-order valence-corrected chi connectivity index (χ4v) is 3.52. The monoisotopic (exact) mass is 366 g/mol. The Hall–Kier alpha value is -1.56. The Kier molecular flexibility index (Phi) is 5.43. The molecule has 0 spiro atoms. The van der Waals surface area contributed by atoms with Crippen LogP contribution in [0.25, 0.3) is 0 Å². The SMILES string of the molecule is CNc1c(Cl)ncnc1N1CCC(C(O)c2ccc(Cl)cc2)CC1. The maximum absolute atomic E-state index is 10.6. The number of hydrogen-bond donors (Lipinski definition) is 2. The van der Waals surface area contributed by atoms with Crippen molar-refractivity contribution in [3.8, 4) is 0 Å². The van der Waals surface area contributed by atoms with Crippen molar-refractivity contribution in [3.05, 3.63) is 46.3 Å². The molecule has 1 fully saturated rings. The molecule has 1 aliphatic heterocycles. The van der Waals surface area contributed by atoms with Gasteiger partial charge in [0, 0.05) is 25.2 Å². The lowest BCUT2D eigenvalue weighted by molar-refractivity contribution is 0.0929. The number of benzene rings is 1. The molecule has 0 radical (unpaired) electrons. The summed E-state index contributed by atoms with van der Waals surface area (Å²) in [6.07, 6.45) is 2.78. The molecule has 2 N–H and O–H groups in total. The van der Waals surface area contributed by atoms with E-state index in [4.69, 9.17) is 23.2 Å². The predicted octanol–water partition coefficient (Wildman–Crippen LogP) is 3.78. The summed E-state index contributed by atoms with van der Waals surface area (Å²) in [6.45, 7) is 1.63. The van der Waals surface area contributed by atoms with Gasteiger partial charge in [0.05, 0.1) is 6.10 Å². The molecule has 2 aromatic rings. The van der Waals surface area contributed by atoms with Gasteiger partial charge in [0.15, 0.2) is 11.0 Å². The van der Waals surface area contributed by atoms with Gasteiger partial charge < -0.3 is 15.3 Å². The summed E-state index contributed by atoms with van der Waals surface area (Å²) in [5, 5.41) is 14.8. The van der Waals surface area contributed by atoms with Crippen LogP contribution in [0.4, 0.5) is 11.5 Å². The van der Waals surface area contributed by atoms with Gasteiger partial charge >= 0.3 is 0 Å². The fourth-order valence-electron chi connectivity index (χ4n) is 3.17. The lowest BCUT2D eigenvalue weighted by atomic mass is 9.87. The van der Waals surface area contributed by atoms with E-state index >= 15 is 0 Å². The van der Waals surface area contributed by atoms with E-state index in [2.05, 4.69) is 20.2 Å². The highest BCUT2D eigenvalue weighted by molar-refractivity contribution is 6.32. The van der Waals surface area contributed by atoms with Crippen molar-refractivity contribution >= 4 is 34.7 Å². The van der Waals surface area contributed by atoms with E-state index in [9.17, 15) is 5.11 Å². The van der Waals surface area contributed by atoms with Crippen molar-refractivity contribution in [2.75, 3.05) is 30.4 Å². The van der Waals surface area contributed by atoms with Crippen LogP contribution in [0.1, 0.15) is 24.5 Å². The van der Waals surface area contributed by atoms with Crippen LogP contribution in [-0.2, 0) is 0 Å². The van der Waals surface area contributed by atoms with Crippen molar-refractivity contribution in [1.29, 1.82) is 0 Å². The first kappa shape index (κ1) is 17.3. The standard InChI is InChI=1S/C17H20Cl2N4O/c1-20-14-16(19)21-10-22-17(14)23-8-6-12(7-9-23)15(24)11-2-4-13(18)5-3-11/h2-5,10,12,15,20,24H,6-9H2,1H3. The Morgan fingerprint density at radius 1 is 1.17 bits per heavy atom. The van der Waals surface area contributed by atoms with E-state index in [0.717, 1.165) is 43.0 Å². The van der Waals surface area contributed by atoms with Crippen LogP contribution in [0.2, 0.25) is 10.2 Å². The quantitative estimate of drug-likeness (QED) is 0.806. The normalized spacial score (nSPS) is 16.9. The molecule has 0 bridgehead atoms. The smallest absolute Gasteiger partial charge is 0.157 e. The predicted molar refractivity (Wildman–Crippen MR) is 97.9 cm³/mol. The summed E-state index contributed by atoms with van der Waals surface area (Å²) in [4.78, 5) is 10.6. The summed E-state index contributed by atoms with van der Waals surface area (Å²) in [5.41, 5.74) is 1.66. The minimum atomic E-state index is -0.470. The van der Waals surface area contributed by atoms with Gasteiger partial charge in [-0.2, -0.15) is 0 Å². The van der Waals surface area contributed by atoms with Crippen molar-refractivity contribution in [2.24, 2.45) is 5.92 Å². The average Bonchev–Trinajstić information content (AvgIpc) is 2.62. The zero-order chi connectivity index (χ0) is 17.1. The van der Waals surface area contributed by atoms with Gasteiger partial charge in [-0.05, 0) is 36.5 Å². The number of aliphatic hydroxyl groups excluding tert-OH is 1. The zero-order valence-electron chi connectivity index (χ0n) is 13.4. The highest BCUT2D eigenvalue weighted by Crippen LogP contribution is 2.35. The average molecular weight is 367 g/mol. The third-order valence-corrected chi connectivity index (χ3v) is 5.07. The maximum atomic E-state index is 10.6. The second-order valence-corrected chi connectivity index (χ2v) is 6.73. The molecule has 1 atom stereocenters. The molecule has 0 aliphatic carbocycles. The summed E-state index contributed by atoms with van der Waals surface area (Å²) >= 11 is 12.0. The van der Waals surface area contributed by atoms with Gasteiger partial charge in [-0.3, -0.25) is 0 Å². The number of nitrogens with zero attached hydrogens (tertiary/aromatic N) is 3. The largest absolute Gasteiger partial charge is 0.388 e. The van der Waals surface area contributed by atoms with Crippen LogP contribution in [0.5, 0.6) is 0 Å². The van der Waals surface area contributed by atoms with Gasteiger partial charge in [-0.1, -0.05) is 35.3 Å². The number of anilines is 2. The number of rotatable bonds is 4. The molecule has 5 nitrogen and oxygen atoms in total. The molecule has 1 aromatic carbocycles. The van der Waals surface area contributed by atoms with Gasteiger partial charge in [0.1, 0.15) is 12.0 Å². The molecule has 7 heteroatoms. The molecule has 3 rings (SSSR count). The van der Waals surface area contributed by atoms with Gasteiger partial charge in [0.25, 0.3) is 0 Å². The van der Waals surface area contributed by atoms with Crippen LogP contribution in [0.15, 0.2) is 30.6 Å². The van der Waals surface area contributed by atoms with Crippen LogP contribution >= 0.6 is 23.2 Å². The van der Waals surface area contributed by atoms with E-state index in [1.54, 1.807) is 0 Å². The van der Waals surface area contributed by atoms with Crippen LogP contribution in [0.3, 0.4) is 0 Å². The summed E-state index contributed by atoms with van der Waals surface area (Å²) in [7, 11) is 1.81. The first-order chi connectivity index (χ1) is 11.6. The lowest BCUT2D eigenvalue weighted by Gasteiger charge is -2.35. The number of hydrogen-bond acceptors (Lipinski definition) is 5. The number of nitrogens with one attached hydrogen (secondary N) is 1. The highest BCUT2D eigenvalue weighted by Gasteiger charge is 2.28. The Morgan fingerprint density at radius 3 is 2.46 bits per heavy atom. The van der Waals surface area contributed by atoms with E-state index in [1.165, 1.54) is 6.33 Å². The maximum Gasteiger partial charge on any atom is 0.157 e. The summed E-state index contributed by atoms with van der Waals surface area (Å²) < 4.78 is 0. The Balaban J connectivity index is 1.68.